The fourth-order valence-electron chi connectivity index (χ4n) is 0.695. The minimum Gasteiger partial charge on any atom is -0.304 e. The predicted octanol–water partition coefficient (Wildman–Crippen LogP) is 0.438. The smallest absolute Gasteiger partial charge is 0.108 e. The molecule has 0 spiro atoms. The van der Waals surface area contributed by atoms with E-state index in [1.54, 1.807) is 0 Å². The quantitative estimate of drug-likeness (QED) is 0.640. The van der Waals surface area contributed by atoms with Crippen molar-refractivity contribution in [1.29, 1.82) is 5.26 Å². The Kier molecular flexibility index (Phi) is 4.84. The summed E-state index contributed by atoms with van der Waals surface area (Å²) >= 11 is 0. The first-order valence-electron chi connectivity index (χ1n) is 3.89. The molecular weight excluding hydrogens is 138 g/mol. The van der Waals surface area contributed by atoms with E-state index in [9.17, 15) is 0 Å². The number of hydrogen-bond donors (Lipinski definition) is 1. The molecule has 0 aromatic heterocycles. The van der Waals surface area contributed by atoms with Crippen molar-refractivity contribution >= 4 is 0 Å². The molecule has 1 N–H and O–H groups in total. The van der Waals surface area contributed by atoms with Crippen molar-refractivity contribution in [3.05, 3.63) is 0 Å². The normalized spacial score (nSPS) is 13.5. The van der Waals surface area contributed by atoms with Crippen LogP contribution in [0.1, 0.15) is 13.8 Å². The summed E-state index contributed by atoms with van der Waals surface area (Å²) in [5.74, 6) is 0. The summed E-state index contributed by atoms with van der Waals surface area (Å²) in [5.41, 5.74) is 0. The van der Waals surface area contributed by atoms with Crippen molar-refractivity contribution in [2.45, 2.75) is 25.9 Å². The van der Waals surface area contributed by atoms with Crippen LogP contribution in [0.4, 0.5) is 0 Å². The molecule has 0 bridgehead atoms. The lowest BCUT2D eigenvalue weighted by atomic mass is 10.2. The van der Waals surface area contributed by atoms with Gasteiger partial charge in [0.05, 0.1) is 6.07 Å². The maximum absolute atomic E-state index is 8.62. The zero-order valence-electron chi connectivity index (χ0n) is 7.76. The highest BCUT2D eigenvalue weighted by atomic mass is 15.1. The van der Waals surface area contributed by atoms with Crippen LogP contribution >= 0.6 is 0 Å². The van der Waals surface area contributed by atoms with Gasteiger partial charge in [-0.05, 0) is 27.9 Å². The Morgan fingerprint density at radius 1 is 1.55 bits per heavy atom. The molecule has 0 radical (unpaired) electrons. The van der Waals surface area contributed by atoms with Gasteiger partial charge < -0.3 is 10.2 Å². The molecule has 0 aromatic rings. The first-order chi connectivity index (χ1) is 5.11. The van der Waals surface area contributed by atoms with Gasteiger partial charge in [0.1, 0.15) is 6.04 Å². The fraction of sp³-hybridized carbons (Fsp3) is 0.875. The molecule has 0 aromatic carbocycles. The number of hydrogen-bond acceptors (Lipinski definition) is 3. The summed E-state index contributed by atoms with van der Waals surface area (Å²) in [7, 11) is 3.83. The van der Waals surface area contributed by atoms with E-state index in [0.717, 1.165) is 6.54 Å². The van der Waals surface area contributed by atoms with E-state index in [-0.39, 0.29) is 6.04 Å². The van der Waals surface area contributed by atoms with Crippen LogP contribution in [-0.2, 0) is 0 Å². The molecule has 0 heterocycles. The molecule has 1 atom stereocenters. The van der Waals surface area contributed by atoms with Gasteiger partial charge in [-0.15, -0.1) is 0 Å². The summed E-state index contributed by atoms with van der Waals surface area (Å²) in [6.45, 7) is 5.01. The number of likely N-dealkylation sites (N-methyl/N-ethyl adjacent to an activating group) is 2. The standard InChI is InChI=1S/C8H17N3/c1-7(2)11(4)6-8(5-9)10-3/h7-8,10H,6H2,1-4H3. The second-order valence-electron chi connectivity index (χ2n) is 3.00. The van der Waals surface area contributed by atoms with Crippen LogP contribution in [0.15, 0.2) is 0 Å². The lowest BCUT2D eigenvalue weighted by Crippen LogP contribution is -2.39. The molecule has 64 valence electrons. The highest BCUT2D eigenvalue weighted by Crippen LogP contribution is 1.94. The SMILES string of the molecule is CNC(C#N)CN(C)C(C)C. The van der Waals surface area contributed by atoms with Crippen molar-refractivity contribution in [1.82, 2.24) is 10.2 Å². The lowest BCUT2D eigenvalue weighted by molar-refractivity contribution is 0.261. The Labute approximate surface area is 69.0 Å². The van der Waals surface area contributed by atoms with E-state index in [4.69, 9.17) is 5.26 Å². The van der Waals surface area contributed by atoms with E-state index in [1.165, 1.54) is 0 Å². The first kappa shape index (κ1) is 10.4. The van der Waals surface area contributed by atoms with Crippen molar-refractivity contribution < 1.29 is 0 Å². The molecular formula is C8H17N3. The van der Waals surface area contributed by atoms with E-state index >= 15 is 0 Å². The summed E-state index contributed by atoms with van der Waals surface area (Å²) in [5, 5.41) is 11.6. The van der Waals surface area contributed by atoms with E-state index in [2.05, 4.69) is 30.1 Å². The first-order valence-corrected chi connectivity index (χ1v) is 3.89. The van der Waals surface area contributed by atoms with Crippen LogP contribution in [0.2, 0.25) is 0 Å². The van der Waals surface area contributed by atoms with Crippen LogP contribution in [0.25, 0.3) is 0 Å². The van der Waals surface area contributed by atoms with Crippen LogP contribution in [0, 0.1) is 11.3 Å². The van der Waals surface area contributed by atoms with Gasteiger partial charge in [0.25, 0.3) is 0 Å². The Morgan fingerprint density at radius 3 is 2.36 bits per heavy atom. The molecule has 3 heteroatoms. The second-order valence-corrected chi connectivity index (χ2v) is 3.00. The highest BCUT2D eigenvalue weighted by molar-refractivity contribution is 4.90. The molecule has 11 heavy (non-hydrogen) atoms. The monoisotopic (exact) mass is 155 g/mol. The van der Waals surface area contributed by atoms with Gasteiger partial charge >= 0.3 is 0 Å². The van der Waals surface area contributed by atoms with E-state index in [0.29, 0.717) is 6.04 Å². The van der Waals surface area contributed by atoms with Gasteiger partial charge in [0, 0.05) is 12.6 Å². The average Bonchev–Trinajstić information content (AvgIpc) is 1.99. The maximum atomic E-state index is 8.62. The number of nitrogens with zero attached hydrogens (tertiary/aromatic N) is 2. The minimum absolute atomic E-state index is 0.0533. The van der Waals surface area contributed by atoms with Crippen molar-refractivity contribution in [2.75, 3.05) is 20.6 Å². The lowest BCUT2D eigenvalue weighted by Gasteiger charge is -2.22. The minimum atomic E-state index is -0.0533. The van der Waals surface area contributed by atoms with E-state index < -0.39 is 0 Å². The molecule has 0 saturated carbocycles. The number of nitriles is 1. The summed E-state index contributed by atoms with van der Waals surface area (Å²) in [6, 6.07) is 2.63. The van der Waals surface area contributed by atoms with Gasteiger partial charge in [-0.25, -0.2) is 0 Å². The zero-order valence-corrected chi connectivity index (χ0v) is 7.76. The van der Waals surface area contributed by atoms with Gasteiger partial charge in [0.2, 0.25) is 0 Å². The maximum Gasteiger partial charge on any atom is 0.108 e. The molecule has 1 unspecified atom stereocenters. The third-order valence-corrected chi connectivity index (χ3v) is 1.86. The van der Waals surface area contributed by atoms with Gasteiger partial charge in [-0.1, -0.05) is 0 Å². The second kappa shape index (κ2) is 5.11. The molecule has 0 aliphatic rings. The molecule has 0 aliphatic heterocycles. The predicted molar refractivity (Wildman–Crippen MR) is 46.2 cm³/mol. The molecule has 0 amide bonds. The topological polar surface area (TPSA) is 39.1 Å². The van der Waals surface area contributed by atoms with Gasteiger partial charge in [0.15, 0.2) is 0 Å². The van der Waals surface area contributed by atoms with Crippen molar-refractivity contribution in [3.63, 3.8) is 0 Å². The summed E-state index contributed by atoms with van der Waals surface area (Å²) in [6.07, 6.45) is 0. The van der Waals surface area contributed by atoms with E-state index in [1.807, 2.05) is 14.1 Å². The molecule has 0 saturated heterocycles. The Hall–Kier alpha value is -0.590. The largest absolute Gasteiger partial charge is 0.304 e. The molecule has 3 nitrogen and oxygen atoms in total. The van der Waals surface area contributed by atoms with Crippen LogP contribution in [0.5, 0.6) is 0 Å². The van der Waals surface area contributed by atoms with Crippen molar-refractivity contribution in [2.24, 2.45) is 0 Å². The Morgan fingerprint density at radius 2 is 2.09 bits per heavy atom. The van der Waals surface area contributed by atoms with Crippen LogP contribution < -0.4 is 5.32 Å². The highest BCUT2D eigenvalue weighted by Gasteiger charge is 2.09. The fourth-order valence-corrected chi connectivity index (χ4v) is 0.695. The third kappa shape index (κ3) is 3.97. The number of rotatable bonds is 4. The zero-order chi connectivity index (χ0) is 8.85. The Balaban J connectivity index is 3.74. The average molecular weight is 155 g/mol. The number of nitrogens with one attached hydrogen (secondary N) is 1. The molecule has 0 aliphatic carbocycles. The summed E-state index contributed by atoms with van der Waals surface area (Å²) < 4.78 is 0. The van der Waals surface area contributed by atoms with Crippen LogP contribution in [-0.4, -0.2) is 37.6 Å². The molecule has 0 fully saturated rings. The Bertz CT molecular complexity index is 137. The van der Waals surface area contributed by atoms with Crippen LogP contribution in [0.3, 0.4) is 0 Å². The summed E-state index contributed by atoms with van der Waals surface area (Å²) in [4.78, 5) is 2.14. The third-order valence-electron chi connectivity index (χ3n) is 1.86. The molecule has 0 rings (SSSR count). The van der Waals surface area contributed by atoms with Gasteiger partial charge in [-0.2, -0.15) is 5.26 Å². The van der Waals surface area contributed by atoms with Gasteiger partial charge in [-0.3, -0.25) is 0 Å². The van der Waals surface area contributed by atoms with Crippen molar-refractivity contribution in [3.8, 4) is 6.07 Å².